The van der Waals surface area contributed by atoms with Gasteiger partial charge in [-0.1, -0.05) is 12.1 Å². The maximum absolute atomic E-state index is 4.80. The number of benzene rings is 1. The summed E-state index contributed by atoms with van der Waals surface area (Å²) in [6.45, 7) is 6.90. The Morgan fingerprint density at radius 2 is 1.82 bits per heavy atom. The highest BCUT2D eigenvalue weighted by atomic mass is 15.4. The van der Waals surface area contributed by atoms with Gasteiger partial charge in [-0.15, -0.1) is 0 Å². The highest BCUT2D eigenvalue weighted by Gasteiger charge is 2.44. The third-order valence-electron chi connectivity index (χ3n) is 7.56. The van der Waals surface area contributed by atoms with Crippen LogP contribution in [-0.2, 0) is 6.54 Å². The molecule has 4 aromatic heterocycles. The summed E-state index contributed by atoms with van der Waals surface area (Å²) < 4.78 is 1.89. The first kappa shape index (κ1) is 23.5. The molecule has 2 atom stereocenters. The number of hydrogen-bond acceptors (Lipinski definition) is 8. The Bertz CT molecular complexity index is 1560. The first-order chi connectivity index (χ1) is 19.1. The number of fused-ring (bicyclic) bond motifs is 2. The monoisotopic (exact) mass is 518 g/mol. The van der Waals surface area contributed by atoms with E-state index in [9.17, 15) is 0 Å². The second-order valence-corrected chi connectivity index (χ2v) is 10.4. The normalized spacial score (nSPS) is 18.7. The van der Waals surface area contributed by atoms with E-state index in [4.69, 9.17) is 9.97 Å². The lowest BCUT2D eigenvalue weighted by Crippen LogP contribution is -2.68. The average molecular weight is 519 g/mol. The summed E-state index contributed by atoms with van der Waals surface area (Å²) in [5.41, 5.74) is 5.19. The Morgan fingerprint density at radius 1 is 0.974 bits per heavy atom. The molecule has 7 heterocycles. The molecule has 39 heavy (non-hydrogen) atoms. The molecular formula is C29H30N10. The molecule has 196 valence electrons. The number of rotatable bonds is 7. The van der Waals surface area contributed by atoms with Gasteiger partial charge in [-0.2, -0.15) is 10.2 Å². The molecule has 3 aliphatic rings. The van der Waals surface area contributed by atoms with Crippen molar-refractivity contribution < 1.29 is 0 Å². The minimum atomic E-state index is 0.551. The van der Waals surface area contributed by atoms with Crippen molar-refractivity contribution in [3.8, 4) is 17.1 Å². The summed E-state index contributed by atoms with van der Waals surface area (Å²) in [5, 5.41) is 14.7. The van der Waals surface area contributed by atoms with E-state index < -0.39 is 0 Å². The number of aromatic nitrogens is 7. The molecule has 2 N–H and O–H groups in total. The van der Waals surface area contributed by atoms with Crippen LogP contribution in [0.25, 0.3) is 17.1 Å². The molecule has 0 saturated carbocycles. The zero-order valence-electron chi connectivity index (χ0n) is 22.0. The van der Waals surface area contributed by atoms with E-state index in [-0.39, 0.29) is 0 Å². The summed E-state index contributed by atoms with van der Waals surface area (Å²) in [6.07, 6.45) is 6.90. The van der Waals surface area contributed by atoms with Crippen LogP contribution in [-0.4, -0.2) is 65.0 Å². The van der Waals surface area contributed by atoms with E-state index in [1.54, 1.807) is 6.20 Å². The number of piperazine rings is 1. The van der Waals surface area contributed by atoms with Crippen LogP contribution >= 0.6 is 0 Å². The summed E-state index contributed by atoms with van der Waals surface area (Å²) in [4.78, 5) is 19.2. The van der Waals surface area contributed by atoms with Gasteiger partial charge in [0.15, 0.2) is 11.6 Å². The van der Waals surface area contributed by atoms with Gasteiger partial charge in [0.25, 0.3) is 0 Å². The molecule has 3 fully saturated rings. The number of pyridine rings is 1. The number of aryl methyl sites for hydroxylation is 2. The van der Waals surface area contributed by atoms with E-state index >= 15 is 0 Å². The van der Waals surface area contributed by atoms with Gasteiger partial charge in [0.2, 0.25) is 0 Å². The predicted molar refractivity (Wildman–Crippen MR) is 150 cm³/mol. The van der Waals surface area contributed by atoms with Crippen molar-refractivity contribution in [3.63, 3.8) is 0 Å². The molecule has 0 aliphatic carbocycles. The SMILES string of the molecule is Cc1cc(Nc2cc(C)[nH]n2)nc(-c2ccc(N3CC4CC(C3)N4Cc3ccc(-n4cccn4)cc3)nc2)n1. The second-order valence-electron chi connectivity index (χ2n) is 10.4. The second kappa shape index (κ2) is 9.63. The Kier molecular flexibility index (Phi) is 5.81. The molecule has 0 amide bonds. The van der Waals surface area contributed by atoms with Crippen LogP contribution in [0.15, 0.2) is 73.2 Å². The fraction of sp³-hybridized carbons (Fsp3) is 0.276. The summed E-state index contributed by atoms with van der Waals surface area (Å²) in [5.74, 6) is 3.10. The van der Waals surface area contributed by atoms with Gasteiger partial charge >= 0.3 is 0 Å². The van der Waals surface area contributed by atoms with Crippen molar-refractivity contribution in [2.75, 3.05) is 23.3 Å². The zero-order valence-corrected chi connectivity index (χ0v) is 22.0. The van der Waals surface area contributed by atoms with Gasteiger partial charge in [-0.05, 0) is 56.2 Å². The fourth-order valence-corrected chi connectivity index (χ4v) is 5.60. The third-order valence-corrected chi connectivity index (χ3v) is 7.56. The lowest BCUT2D eigenvalue weighted by molar-refractivity contribution is -0.00867. The quantitative estimate of drug-likeness (QED) is 0.329. The molecular weight excluding hydrogens is 488 g/mol. The molecule has 10 nitrogen and oxygen atoms in total. The first-order valence-electron chi connectivity index (χ1n) is 13.3. The molecule has 8 rings (SSSR count). The Morgan fingerprint density at radius 3 is 2.51 bits per heavy atom. The molecule has 2 unspecified atom stereocenters. The topological polar surface area (TPSA) is 104 Å². The molecule has 0 spiro atoms. The largest absolute Gasteiger partial charge is 0.353 e. The van der Waals surface area contributed by atoms with E-state index in [0.717, 1.165) is 53.9 Å². The van der Waals surface area contributed by atoms with Crippen molar-refractivity contribution in [3.05, 3.63) is 90.1 Å². The summed E-state index contributed by atoms with van der Waals surface area (Å²) in [7, 11) is 0. The predicted octanol–water partition coefficient (Wildman–Crippen LogP) is 4.27. The van der Waals surface area contributed by atoms with Gasteiger partial charge in [-0.3, -0.25) is 10.00 Å². The fourth-order valence-electron chi connectivity index (χ4n) is 5.60. The van der Waals surface area contributed by atoms with E-state index in [1.807, 2.05) is 49.1 Å². The summed E-state index contributed by atoms with van der Waals surface area (Å²) >= 11 is 0. The molecule has 5 aromatic rings. The number of nitrogens with one attached hydrogen (secondary N) is 2. The number of nitrogens with zero attached hydrogens (tertiary/aromatic N) is 8. The first-order valence-corrected chi connectivity index (χ1v) is 13.3. The number of aromatic amines is 1. The number of piperidine rings is 1. The molecule has 1 aromatic carbocycles. The lowest BCUT2D eigenvalue weighted by atomic mass is 9.86. The number of anilines is 3. The lowest BCUT2D eigenvalue weighted by Gasteiger charge is -2.56. The smallest absolute Gasteiger partial charge is 0.163 e. The van der Waals surface area contributed by atoms with Crippen molar-refractivity contribution >= 4 is 17.5 Å². The van der Waals surface area contributed by atoms with Crippen LogP contribution < -0.4 is 10.2 Å². The van der Waals surface area contributed by atoms with Crippen molar-refractivity contribution in [1.29, 1.82) is 0 Å². The Balaban J connectivity index is 0.996. The van der Waals surface area contributed by atoms with Crippen molar-refractivity contribution in [1.82, 2.24) is 39.8 Å². The van der Waals surface area contributed by atoms with E-state index in [1.165, 1.54) is 12.0 Å². The van der Waals surface area contributed by atoms with Gasteiger partial charge in [-0.25, -0.2) is 19.6 Å². The zero-order chi connectivity index (χ0) is 26.3. The maximum Gasteiger partial charge on any atom is 0.163 e. The van der Waals surface area contributed by atoms with E-state index in [2.05, 4.69) is 71.8 Å². The molecule has 0 radical (unpaired) electrons. The molecule has 2 bridgehead atoms. The van der Waals surface area contributed by atoms with Gasteiger partial charge in [0.05, 0.1) is 5.69 Å². The summed E-state index contributed by atoms with van der Waals surface area (Å²) in [6, 6.07) is 19.8. The minimum Gasteiger partial charge on any atom is -0.353 e. The number of H-pyrrole nitrogens is 1. The minimum absolute atomic E-state index is 0.551. The van der Waals surface area contributed by atoms with Gasteiger partial charge in [0, 0.05) is 79.4 Å². The van der Waals surface area contributed by atoms with E-state index in [0.29, 0.717) is 23.7 Å². The van der Waals surface area contributed by atoms with Crippen LogP contribution in [0.3, 0.4) is 0 Å². The maximum atomic E-state index is 4.80. The van der Waals surface area contributed by atoms with Gasteiger partial charge < -0.3 is 10.2 Å². The van der Waals surface area contributed by atoms with Crippen LogP contribution in [0.2, 0.25) is 0 Å². The van der Waals surface area contributed by atoms with Crippen LogP contribution in [0.4, 0.5) is 17.5 Å². The molecule has 3 aliphatic heterocycles. The molecule has 10 heteroatoms. The van der Waals surface area contributed by atoms with Crippen LogP contribution in [0.1, 0.15) is 23.4 Å². The van der Waals surface area contributed by atoms with Crippen LogP contribution in [0, 0.1) is 13.8 Å². The third kappa shape index (κ3) is 4.74. The highest BCUT2D eigenvalue weighted by Crippen LogP contribution is 2.35. The average Bonchev–Trinajstić information content (AvgIpc) is 3.64. The standard InChI is InChI=1S/C29H30N10/c1-19-12-26(33-27-13-20(2)35-36-27)34-29(32-19)22-6-9-28(30-15-22)37-17-24-14-25(18-37)38(24)16-21-4-7-23(8-5-21)39-11-3-10-31-39/h3-13,15,24-25H,14,16-18H2,1-2H3,(H2,32,33,34,35,36). The molecule has 3 saturated heterocycles. The highest BCUT2D eigenvalue weighted by molar-refractivity contribution is 5.61. The Labute approximate surface area is 226 Å². The van der Waals surface area contributed by atoms with Crippen molar-refractivity contribution in [2.45, 2.75) is 38.9 Å². The van der Waals surface area contributed by atoms with Gasteiger partial charge in [0.1, 0.15) is 11.6 Å². The van der Waals surface area contributed by atoms with Crippen LogP contribution in [0.5, 0.6) is 0 Å². The van der Waals surface area contributed by atoms with Crippen molar-refractivity contribution in [2.24, 2.45) is 0 Å². The Hall–Kier alpha value is -4.57. The number of hydrogen-bond donors (Lipinski definition) is 2.